The summed E-state index contributed by atoms with van der Waals surface area (Å²) in [6, 6.07) is 7.50. The maximum Gasteiger partial charge on any atom is 0.276 e. The highest BCUT2D eigenvalue weighted by atomic mass is 32.2. The van der Waals surface area contributed by atoms with E-state index in [1.807, 2.05) is 0 Å². The van der Waals surface area contributed by atoms with E-state index >= 15 is 0 Å². The highest BCUT2D eigenvalue weighted by Gasteiger charge is 2.31. The molecule has 0 atom stereocenters. The minimum absolute atomic E-state index is 0.0778. The highest BCUT2D eigenvalue weighted by molar-refractivity contribution is 7.89. The lowest BCUT2D eigenvalue weighted by Gasteiger charge is -2.34. The van der Waals surface area contributed by atoms with Gasteiger partial charge in [-0.05, 0) is 37.6 Å². The first kappa shape index (κ1) is 23.8. The number of amides is 1. The van der Waals surface area contributed by atoms with Crippen molar-refractivity contribution in [1.29, 1.82) is 0 Å². The number of fused-ring (bicyclic) bond motifs is 1. The SMILES string of the molecule is Cc1ccc([N+](=O)[O-])c(C)c1OCC(=O)N1CCN(S(=O)(=O)c2ccc3c(c2)OCCO3)CC1. The van der Waals surface area contributed by atoms with E-state index in [2.05, 4.69) is 0 Å². The average molecular weight is 492 g/mol. The molecule has 0 saturated carbocycles. The molecule has 0 aliphatic carbocycles. The lowest BCUT2D eigenvalue weighted by Crippen LogP contribution is -2.51. The highest BCUT2D eigenvalue weighted by Crippen LogP contribution is 2.33. The molecule has 182 valence electrons. The Morgan fingerprint density at radius 2 is 1.74 bits per heavy atom. The van der Waals surface area contributed by atoms with Crippen molar-refractivity contribution in [1.82, 2.24) is 9.21 Å². The van der Waals surface area contributed by atoms with Gasteiger partial charge in [-0.25, -0.2) is 8.42 Å². The molecule has 0 bridgehead atoms. The number of aryl methyl sites for hydroxylation is 1. The summed E-state index contributed by atoms with van der Waals surface area (Å²) < 4.78 is 44.0. The van der Waals surface area contributed by atoms with Crippen LogP contribution >= 0.6 is 0 Å². The van der Waals surface area contributed by atoms with Crippen molar-refractivity contribution in [2.24, 2.45) is 0 Å². The Hall–Kier alpha value is -3.38. The normalized spacial score (nSPS) is 16.2. The molecule has 0 spiro atoms. The molecule has 34 heavy (non-hydrogen) atoms. The molecule has 0 aromatic heterocycles. The van der Waals surface area contributed by atoms with Crippen LogP contribution in [-0.4, -0.2) is 74.5 Å². The summed E-state index contributed by atoms with van der Waals surface area (Å²) in [4.78, 5) is 25.0. The van der Waals surface area contributed by atoms with Crippen molar-refractivity contribution < 1.29 is 32.3 Å². The van der Waals surface area contributed by atoms with Crippen molar-refractivity contribution in [2.75, 3.05) is 46.0 Å². The number of nitro benzene ring substituents is 1. The molecule has 2 aromatic carbocycles. The molecule has 2 aliphatic rings. The zero-order chi connectivity index (χ0) is 24.5. The molecular formula is C22H25N3O8S. The molecule has 1 fully saturated rings. The lowest BCUT2D eigenvalue weighted by molar-refractivity contribution is -0.385. The number of benzene rings is 2. The minimum atomic E-state index is -3.76. The predicted molar refractivity (Wildman–Crippen MR) is 121 cm³/mol. The van der Waals surface area contributed by atoms with E-state index in [-0.39, 0.29) is 49.3 Å². The monoisotopic (exact) mass is 491 g/mol. The minimum Gasteiger partial charge on any atom is -0.486 e. The maximum atomic E-state index is 13.1. The van der Waals surface area contributed by atoms with Crippen LogP contribution < -0.4 is 14.2 Å². The van der Waals surface area contributed by atoms with E-state index in [4.69, 9.17) is 14.2 Å². The number of ether oxygens (including phenoxy) is 3. The Labute approximate surface area is 197 Å². The van der Waals surface area contributed by atoms with E-state index in [0.29, 0.717) is 41.6 Å². The number of carbonyl (C=O) groups excluding carboxylic acids is 1. The summed E-state index contributed by atoms with van der Waals surface area (Å²) in [5, 5.41) is 11.2. The molecule has 0 radical (unpaired) electrons. The smallest absolute Gasteiger partial charge is 0.276 e. The summed E-state index contributed by atoms with van der Waals surface area (Å²) in [6.07, 6.45) is 0. The zero-order valence-corrected chi connectivity index (χ0v) is 19.7. The van der Waals surface area contributed by atoms with Crippen molar-refractivity contribution in [2.45, 2.75) is 18.7 Å². The van der Waals surface area contributed by atoms with Gasteiger partial charge in [0, 0.05) is 38.3 Å². The van der Waals surface area contributed by atoms with Gasteiger partial charge in [-0.1, -0.05) is 0 Å². The van der Waals surface area contributed by atoms with E-state index < -0.39 is 14.9 Å². The Morgan fingerprint density at radius 3 is 2.41 bits per heavy atom. The van der Waals surface area contributed by atoms with Crippen LogP contribution in [0.15, 0.2) is 35.2 Å². The van der Waals surface area contributed by atoms with Crippen LogP contribution in [0, 0.1) is 24.0 Å². The molecule has 0 unspecified atom stereocenters. The molecular weight excluding hydrogens is 466 g/mol. The number of hydrogen-bond acceptors (Lipinski definition) is 8. The number of piperazine rings is 1. The third-order valence-electron chi connectivity index (χ3n) is 5.85. The van der Waals surface area contributed by atoms with Gasteiger partial charge < -0.3 is 19.1 Å². The fourth-order valence-corrected chi connectivity index (χ4v) is 5.41. The van der Waals surface area contributed by atoms with Gasteiger partial charge in [0.25, 0.3) is 11.6 Å². The molecule has 12 heteroatoms. The van der Waals surface area contributed by atoms with Crippen molar-refractivity contribution in [3.05, 3.63) is 51.6 Å². The summed E-state index contributed by atoms with van der Waals surface area (Å²) in [5.74, 6) is 0.893. The predicted octanol–water partition coefficient (Wildman–Crippen LogP) is 1.89. The second kappa shape index (κ2) is 9.47. The summed E-state index contributed by atoms with van der Waals surface area (Å²) >= 11 is 0. The van der Waals surface area contributed by atoms with E-state index in [1.165, 1.54) is 27.4 Å². The van der Waals surface area contributed by atoms with Gasteiger partial charge in [0.2, 0.25) is 10.0 Å². The van der Waals surface area contributed by atoms with E-state index in [9.17, 15) is 23.3 Å². The summed E-state index contributed by atoms with van der Waals surface area (Å²) in [7, 11) is -3.76. The Balaban J connectivity index is 1.37. The van der Waals surface area contributed by atoms with Crippen molar-refractivity contribution in [3.63, 3.8) is 0 Å². The number of nitrogens with zero attached hydrogens (tertiary/aromatic N) is 3. The van der Waals surface area contributed by atoms with Gasteiger partial charge in [0.1, 0.15) is 19.0 Å². The first-order valence-corrected chi connectivity index (χ1v) is 12.2. The molecule has 4 rings (SSSR count). The molecule has 1 saturated heterocycles. The molecule has 1 amide bonds. The van der Waals surface area contributed by atoms with Crippen molar-refractivity contribution >= 4 is 21.6 Å². The van der Waals surface area contributed by atoms with Crippen LogP contribution in [0.2, 0.25) is 0 Å². The van der Waals surface area contributed by atoms with Gasteiger partial charge in [0.05, 0.1) is 15.4 Å². The second-order valence-corrected chi connectivity index (χ2v) is 9.93. The molecule has 2 aliphatic heterocycles. The lowest BCUT2D eigenvalue weighted by atomic mass is 10.1. The molecule has 2 aromatic rings. The van der Waals surface area contributed by atoms with Crippen LogP contribution in [0.3, 0.4) is 0 Å². The third kappa shape index (κ3) is 4.64. The maximum absolute atomic E-state index is 13.1. The number of nitro groups is 1. The van der Waals surface area contributed by atoms with Gasteiger partial charge >= 0.3 is 0 Å². The van der Waals surface area contributed by atoms with Gasteiger partial charge in [-0.3, -0.25) is 14.9 Å². The van der Waals surface area contributed by atoms with Gasteiger partial charge in [0.15, 0.2) is 18.1 Å². The first-order chi connectivity index (χ1) is 16.2. The van der Waals surface area contributed by atoms with Crippen LogP contribution in [0.5, 0.6) is 17.2 Å². The summed E-state index contributed by atoms with van der Waals surface area (Å²) in [6.45, 7) is 4.49. The van der Waals surface area contributed by atoms with Crippen LogP contribution in [-0.2, 0) is 14.8 Å². The molecule has 2 heterocycles. The Bertz CT molecular complexity index is 1220. The summed E-state index contributed by atoms with van der Waals surface area (Å²) in [5.41, 5.74) is 0.963. The van der Waals surface area contributed by atoms with Gasteiger partial charge in [-0.15, -0.1) is 0 Å². The fraction of sp³-hybridized carbons (Fsp3) is 0.409. The van der Waals surface area contributed by atoms with Gasteiger partial charge in [-0.2, -0.15) is 4.31 Å². The topological polar surface area (TPSA) is 129 Å². The Morgan fingerprint density at radius 1 is 1.06 bits per heavy atom. The largest absolute Gasteiger partial charge is 0.486 e. The average Bonchev–Trinajstić information content (AvgIpc) is 2.83. The van der Waals surface area contributed by atoms with E-state index in [1.54, 1.807) is 26.0 Å². The number of hydrogen-bond donors (Lipinski definition) is 0. The van der Waals surface area contributed by atoms with Crippen LogP contribution in [0.25, 0.3) is 0 Å². The first-order valence-electron chi connectivity index (χ1n) is 10.7. The van der Waals surface area contributed by atoms with E-state index in [0.717, 1.165) is 0 Å². The number of sulfonamides is 1. The van der Waals surface area contributed by atoms with Crippen LogP contribution in [0.1, 0.15) is 11.1 Å². The number of carbonyl (C=O) groups is 1. The van der Waals surface area contributed by atoms with Crippen molar-refractivity contribution in [3.8, 4) is 17.2 Å². The third-order valence-corrected chi connectivity index (χ3v) is 7.75. The standard InChI is InChI=1S/C22H25N3O8S/c1-15-3-5-18(25(27)28)16(2)22(15)33-14-21(26)23-7-9-24(10-8-23)34(29,30)17-4-6-19-20(13-17)32-12-11-31-19/h3-6,13H,7-12,14H2,1-2H3. The quantitative estimate of drug-likeness (QED) is 0.443. The fourth-order valence-electron chi connectivity index (χ4n) is 3.97. The Kier molecular flexibility index (Phi) is 6.62. The molecule has 0 N–H and O–H groups in total. The van der Waals surface area contributed by atoms with Crippen LogP contribution in [0.4, 0.5) is 5.69 Å². The molecule has 11 nitrogen and oxygen atoms in total. The second-order valence-electron chi connectivity index (χ2n) is 7.99. The number of rotatable bonds is 6. The zero-order valence-electron chi connectivity index (χ0n) is 18.9.